The summed E-state index contributed by atoms with van der Waals surface area (Å²) in [5, 5.41) is 12.7. The Balaban J connectivity index is 1.98. The van der Waals surface area contributed by atoms with Gasteiger partial charge in [-0.3, -0.25) is 4.68 Å². The van der Waals surface area contributed by atoms with Gasteiger partial charge in [0, 0.05) is 19.8 Å². The van der Waals surface area contributed by atoms with Crippen LogP contribution in [0.2, 0.25) is 10.0 Å². The van der Waals surface area contributed by atoms with Crippen molar-refractivity contribution in [3.63, 3.8) is 0 Å². The Bertz CT molecular complexity index is 764. The highest BCUT2D eigenvalue weighted by atomic mass is 35.5. The van der Waals surface area contributed by atoms with Gasteiger partial charge in [0.05, 0.1) is 33.7 Å². The zero-order valence-electron chi connectivity index (χ0n) is 15.2. The molecule has 0 amide bonds. The van der Waals surface area contributed by atoms with Crippen LogP contribution in [0.5, 0.6) is 0 Å². The molecule has 26 heavy (non-hydrogen) atoms. The topological polar surface area (TPSA) is 51.1 Å². The average molecular weight is 415 g/mol. The molecule has 2 rings (SSSR count). The number of aryl methyl sites for hydroxylation is 1. The molecule has 0 radical (unpaired) electrons. The quantitative estimate of drug-likeness (QED) is 0.489. The third-order valence-corrected chi connectivity index (χ3v) is 4.88. The molecule has 0 saturated carbocycles. The number of nitrogens with one attached hydrogen (secondary N) is 2. The van der Waals surface area contributed by atoms with Crippen LogP contribution in [-0.2, 0) is 11.3 Å². The zero-order valence-corrected chi connectivity index (χ0v) is 17.6. The number of thiocarbonyl (C=S) groups is 1. The summed E-state index contributed by atoms with van der Waals surface area (Å²) in [6.07, 6.45) is 0.907. The highest BCUT2D eigenvalue weighted by molar-refractivity contribution is 7.80. The van der Waals surface area contributed by atoms with Crippen molar-refractivity contribution in [2.75, 3.05) is 25.1 Å². The molecular weight excluding hydrogens is 391 g/mol. The molecule has 0 aliphatic heterocycles. The number of ether oxygens (including phenoxy) is 1. The first-order valence-electron chi connectivity index (χ1n) is 8.53. The fourth-order valence-corrected chi connectivity index (χ4v) is 3.05. The van der Waals surface area contributed by atoms with E-state index in [9.17, 15) is 0 Å². The largest absolute Gasteiger partial charge is 0.382 e. The van der Waals surface area contributed by atoms with Crippen molar-refractivity contribution < 1.29 is 4.74 Å². The predicted molar refractivity (Wildman–Crippen MR) is 113 cm³/mol. The van der Waals surface area contributed by atoms with Gasteiger partial charge in [-0.15, -0.1) is 0 Å². The molecule has 1 aromatic carbocycles. The molecule has 0 aliphatic carbocycles. The van der Waals surface area contributed by atoms with E-state index in [4.69, 9.17) is 40.2 Å². The summed E-state index contributed by atoms with van der Waals surface area (Å²) >= 11 is 17.4. The lowest BCUT2D eigenvalue weighted by atomic mass is 10.2. The summed E-state index contributed by atoms with van der Waals surface area (Å²) in [5.74, 6) is 0. The summed E-state index contributed by atoms with van der Waals surface area (Å²) in [4.78, 5) is 0. The Morgan fingerprint density at radius 3 is 2.73 bits per heavy atom. The number of nitrogens with zero attached hydrogens (tertiary/aromatic N) is 2. The van der Waals surface area contributed by atoms with E-state index >= 15 is 0 Å². The summed E-state index contributed by atoms with van der Waals surface area (Å²) in [6, 6.07) is 5.60. The van der Waals surface area contributed by atoms with Gasteiger partial charge in [-0.1, -0.05) is 29.3 Å². The molecule has 8 heteroatoms. The number of aromatic nitrogens is 2. The van der Waals surface area contributed by atoms with Gasteiger partial charge in [-0.05, 0) is 57.1 Å². The van der Waals surface area contributed by atoms with E-state index in [1.165, 1.54) is 0 Å². The van der Waals surface area contributed by atoms with Gasteiger partial charge < -0.3 is 15.4 Å². The first-order chi connectivity index (χ1) is 12.4. The van der Waals surface area contributed by atoms with E-state index < -0.39 is 0 Å². The summed E-state index contributed by atoms with van der Waals surface area (Å²) in [5.41, 5.74) is 3.86. The highest BCUT2D eigenvalue weighted by Gasteiger charge is 2.13. The van der Waals surface area contributed by atoms with E-state index in [-0.39, 0.29) is 0 Å². The molecule has 0 aliphatic rings. The minimum atomic E-state index is 0.543. The first-order valence-corrected chi connectivity index (χ1v) is 9.69. The van der Waals surface area contributed by atoms with Crippen LogP contribution in [0.25, 0.3) is 0 Å². The van der Waals surface area contributed by atoms with Crippen molar-refractivity contribution in [2.45, 2.75) is 33.7 Å². The highest BCUT2D eigenvalue weighted by Crippen LogP contribution is 2.25. The van der Waals surface area contributed by atoms with Gasteiger partial charge >= 0.3 is 0 Å². The number of rotatable bonds is 8. The summed E-state index contributed by atoms with van der Waals surface area (Å²) in [6.45, 7) is 8.79. The van der Waals surface area contributed by atoms with Crippen molar-refractivity contribution in [3.05, 3.63) is 45.2 Å². The molecule has 5 nitrogen and oxygen atoms in total. The molecule has 0 spiro atoms. The van der Waals surface area contributed by atoms with Crippen molar-refractivity contribution in [3.8, 4) is 0 Å². The standard InChI is InChI=1S/C18H24Cl2N4OS/c1-4-25-9-5-8-21-18(26)22-17-12(2)23-24(13(17)3)11-14-6-7-15(19)16(20)10-14/h6-7,10H,4-5,8-9,11H2,1-3H3,(H2,21,22,26). The minimum absolute atomic E-state index is 0.543. The van der Waals surface area contributed by atoms with Crippen molar-refractivity contribution in [1.82, 2.24) is 15.1 Å². The average Bonchev–Trinajstić information content (AvgIpc) is 2.85. The predicted octanol–water partition coefficient (Wildman–Crippen LogP) is 4.57. The molecule has 0 saturated heterocycles. The maximum Gasteiger partial charge on any atom is 0.170 e. The van der Waals surface area contributed by atoms with E-state index in [0.29, 0.717) is 21.7 Å². The van der Waals surface area contributed by atoms with Gasteiger partial charge in [0.2, 0.25) is 0 Å². The Hall–Kier alpha value is -1.34. The number of benzene rings is 1. The van der Waals surface area contributed by atoms with Gasteiger partial charge in [-0.2, -0.15) is 5.10 Å². The zero-order chi connectivity index (χ0) is 19.1. The monoisotopic (exact) mass is 414 g/mol. The normalized spacial score (nSPS) is 10.8. The third-order valence-electron chi connectivity index (χ3n) is 3.89. The lowest BCUT2D eigenvalue weighted by molar-refractivity contribution is 0.146. The van der Waals surface area contributed by atoms with Crippen LogP contribution >= 0.6 is 35.4 Å². The van der Waals surface area contributed by atoms with Gasteiger partial charge in [0.25, 0.3) is 0 Å². The first kappa shape index (κ1) is 21.0. The van der Waals surface area contributed by atoms with Crippen LogP contribution in [0, 0.1) is 13.8 Å². The minimum Gasteiger partial charge on any atom is -0.382 e. The molecule has 0 fully saturated rings. The second-order valence-corrected chi connectivity index (χ2v) is 7.11. The Morgan fingerprint density at radius 2 is 2.04 bits per heavy atom. The molecule has 2 N–H and O–H groups in total. The van der Waals surface area contributed by atoms with Gasteiger partial charge in [-0.25, -0.2) is 0 Å². The second-order valence-electron chi connectivity index (χ2n) is 5.88. The second kappa shape index (κ2) is 10.1. The summed E-state index contributed by atoms with van der Waals surface area (Å²) in [7, 11) is 0. The SMILES string of the molecule is CCOCCCNC(=S)Nc1c(C)nn(Cc2ccc(Cl)c(Cl)c2)c1C. The lowest BCUT2D eigenvalue weighted by Gasteiger charge is -2.11. The van der Waals surface area contributed by atoms with Crippen molar-refractivity contribution in [1.29, 1.82) is 0 Å². The van der Waals surface area contributed by atoms with Crippen molar-refractivity contribution in [2.24, 2.45) is 0 Å². The molecule has 0 unspecified atom stereocenters. The van der Waals surface area contributed by atoms with Crippen LogP contribution in [0.4, 0.5) is 5.69 Å². The third kappa shape index (κ3) is 5.84. The maximum absolute atomic E-state index is 6.10. The smallest absolute Gasteiger partial charge is 0.170 e. The fraction of sp³-hybridized carbons (Fsp3) is 0.444. The van der Waals surface area contributed by atoms with Crippen LogP contribution < -0.4 is 10.6 Å². The van der Waals surface area contributed by atoms with E-state index in [0.717, 1.165) is 48.8 Å². The van der Waals surface area contributed by atoms with E-state index in [1.807, 2.05) is 37.6 Å². The molecule has 0 bridgehead atoms. The van der Waals surface area contributed by atoms with Crippen molar-refractivity contribution >= 4 is 46.2 Å². The molecule has 1 aromatic heterocycles. The maximum atomic E-state index is 6.10. The summed E-state index contributed by atoms with van der Waals surface area (Å²) < 4.78 is 7.24. The van der Waals surface area contributed by atoms with Crippen LogP contribution in [0.1, 0.15) is 30.3 Å². The Morgan fingerprint density at radius 1 is 1.27 bits per heavy atom. The number of halogens is 2. The van der Waals surface area contributed by atoms with Crippen LogP contribution in [0.15, 0.2) is 18.2 Å². The molecule has 2 aromatic rings. The Labute approximate surface area is 170 Å². The number of anilines is 1. The van der Waals surface area contributed by atoms with Crippen LogP contribution in [-0.4, -0.2) is 34.7 Å². The Kier molecular flexibility index (Phi) is 8.15. The molecular formula is C18H24Cl2N4OS. The van der Waals surface area contributed by atoms with Gasteiger partial charge in [0.1, 0.15) is 0 Å². The van der Waals surface area contributed by atoms with Gasteiger partial charge in [0.15, 0.2) is 5.11 Å². The molecule has 142 valence electrons. The van der Waals surface area contributed by atoms with E-state index in [2.05, 4.69) is 15.7 Å². The fourth-order valence-electron chi connectivity index (χ4n) is 2.52. The van der Waals surface area contributed by atoms with E-state index in [1.54, 1.807) is 6.07 Å². The van der Waals surface area contributed by atoms with Crippen LogP contribution in [0.3, 0.4) is 0 Å². The number of hydrogen-bond acceptors (Lipinski definition) is 3. The molecule has 0 atom stereocenters. The lowest BCUT2D eigenvalue weighted by Crippen LogP contribution is -2.30. The molecule has 1 heterocycles. The number of hydrogen-bond donors (Lipinski definition) is 2.